The van der Waals surface area contributed by atoms with E-state index in [1.165, 1.54) is 57.1 Å². The number of aromatic hydroxyl groups is 1. The molecule has 1 aliphatic rings. The molecular formula is C18H28O3. The van der Waals surface area contributed by atoms with Crippen LogP contribution in [0.3, 0.4) is 0 Å². The normalized spacial score (nSPS) is 13.4. The van der Waals surface area contributed by atoms with E-state index in [0.717, 1.165) is 17.9 Å². The van der Waals surface area contributed by atoms with Crippen molar-refractivity contribution >= 4 is 5.97 Å². The van der Waals surface area contributed by atoms with Crippen molar-refractivity contribution in [1.82, 2.24) is 0 Å². The molecule has 0 spiro atoms. The molecule has 21 heavy (non-hydrogen) atoms. The minimum Gasteiger partial charge on any atom is -0.507 e. The van der Waals surface area contributed by atoms with Gasteiger partial charge in [-0.15, -0.1) is 0 Å². The first-order valence-electron chi connectivity index (χ1n) is 8.13. The first-order valence-corrected chi connectivity index (χ1v) is 8.13. The van der Waals surface area contributed by atoms with Crippen LogP contribution < -0.4 is 0 Å². The molecule has 0 aromatic heterocycles. The Kier molecular flexibility index (Phi) is 7.88. The van der Waals surface area contributed by atoms with E-state index in [1.807, 2.05) is 6.92 Å². The highest BCUT2D eigenvalue weighted by Gasteiger charge is 2.19. The predicted molar refractivity (Wildman–Crippen MR) is 85.9 cm³/mol. The van der Waals surface area contributed by atoms with Crippen molar-refractivity contribution in [1.29, 1.82) is 0 Å². The summed E-state index contributed by atoms with van der Waals surface area (Å²) in [5, 5.41) is 17.7. The van der Waals surface area contributed by atoms with Crippen LogP contribution in [0.25, 0.3) is 0 Å². The Bertz CT molecular complexity index is 436. The van der Waals surface area contributed by atoms with Crippen molar-refractivity contribution in [2.75, 3.05) is 0 Å². The van der Waals surface area contributed by atoms with Gasteiger partial charge in [0.25, 0.3) is 0 Å². The fourth-order valence-electron chi connectivity index (χ4n) is 2.24. The van der Waals surface area contributed by atoms with Gasteiger partial charge >= 0.3 is 5.97 Å². The van der Waals surface area contributed by atoms with E-state index in [0.29, 0.717) is 0 Å². The minimum atomic E-state index is -1.09. The number of aryl methyl sites for hydroxylation is 1. The summed E-state index contributed by atoms with van der Waals surface area (Å²) >= 11 is 0. The molecule has 0 radical (unpaired) electrons. The summed E-state index contributed by atoms with van der Waals surface area (Å²) in [4.78, 5) is 10.5. The van der Waals surface area contributed by atoms with Crippen molar-refractivity contribution in [2.24, 2.45) is 5.92 Å². The van der Waals surface area contributed by atoms with Gasteiger partial charge in [-0.1, -0.05) is 64.9 Å². The Morgan fingerprint density at radius 2 is 1.90 bits per heavy atom. The van der Waals surface area contributed by atoms with Gasteiger partial charge in [0.05, 0.1) is 0 Å². The van der Waals surface area contributed by atoms with Crippen LogP contribution in [0.1, 0.15) is 74.7 Å². The zero-order valence-corrected chi connectivity index (χ0v) is 13.3. The third-order valence-electron chi connectivity index (χ3n) is 3.86. The SMILES string of the molecule is CCCCCCC1CC1.CCc1ccc(O)c(C(=O)O)c1. The Balaban J connectivity index is 0.000000219. The fraction of sp³-hybridized carbons (Fsp3) is 0.611. The van der Waals surface area contributed by atoms with Crippen molar-refractivity contribution < 1.29 is 15.0 Å². The molecule has 0 bridgehead atoms. The first-order chi connectivity index (χ1) is 10.1. The van der Waals surface area contributed by atoms with Gasteiger partial charge in [-0.05, 0) is 30.0 Å². The van der Waals surface area contributed by atoms with Gasteiger partial charge in [0.15, 0.2) is 0 Å². The highest BCUT2D eigenvalue weighted by molar-refractivity contribution is 5.90. The van der Waals surface area contributed by atoms with E-state index in [4.69, 9.17) is 10.2 Å². The zero-order valence-electron chi connectivity index (χ0n) is 13.3. The topological polar surface area (TPSA) is 57.5 Å². The monoisotopic (exact) mass is 292 g/mol. The predicted octanol–water partition coefficient (Wildman–Crippen LogP) is 5.02. The molecule has 1 aromatic rings. The zero-order chi connectivity index (χ0) is 15.7. The van der Waals surface area contributed by atoms with E-state index >= 15 is 0 Å². The van der Waals surface area contributed by atoms with Crippen molar-refractivity contribution in [3.05, 3.63) is 29.3 Å². The second kappa shape index (κ2) is 9.43. The minimum absolute atomic E-state index is 0.0330. The lowest BCUT2D eigenvalue weighted by Crippen LogP contribution is -1.97. The van der Waals surface area contributed by atoms with Gasteiger partial charge < -0.3 is 10.2 Å². The summed E-state index contributed by atoms with van der Waals surface area (Å²) in [6.45, 7) is 4.20. The van der Waals surface area contributed by atoms with Gasteiger partial charge in [0.1, 0.15) is 11.3 Å². The number of carboxylic acids is 1. The van der Waals surface area contributed by atoms with Gasteiger partial charge in [0.2, 0.25) is 0 Å². The van der Waals surface area contributed by atoms with E-state index < -0.39 is 5.97 Å². The third kappa shape index (κ3) is 7.16. The van der Waals surface area contributed by atoms with Crippen LogP contribution in [-0.4, -0.2) is 16.2 Å². The summed E-state index contributed by atoms with van der Waals surface area (Å²) in [6, 6.07) is 4.60. The first kappa shape index (κ1) is 17.5. The quantitative estimate of drug-likeness (QED) is 0.694. The smallest absolute Gasteiger partial charge is 0.339 e. The molecule has 118 valence electrons. The lowest BCUT2D eigenvalue weighted by atomic mass is 10.1. The molecule has 1 fully saturated rings. The van der Waals surface area contributed by atoms with E-state index in [1.54, 1.807) is 6.07 Å². The van der Waals surface area contributed by atoms with Crippen LogP contribution in [0.2, 0.25) is 0 Å². The summed E-state index contributed by atoms with van der Waals surface area (Å²) in [5.41, 5.74) is 0.875. The van der Waals surface area contributed by atoms with Gasteiger partial charge in [-0.3, -0.25) is 0 Å². The third-order valence-corrected chi connectivity index (χ3v) is 3.86. The summed E-state index contributed by atoms with van der Waals surface area (Å²) in [6.07, 6.45) is 11.2. The van der Waals surface area contributed by atoms with E-state index in [9.17, 15) is 4.79 Å². The van der Waals surface area contributed by atoms with Crippen LogP contribution in [0.4, 0.5) is 0 Å². The van der Waals surface area contributed by atoms with Crippen molar-refractivity contribution in [3.63, 3.8) is 0 Å². The average molecular weight is 292 g/mol. The van der Waals surface area contributed by atoms with Crippen LogP contribution in [-0.2, 0) is 6.42 Å². The highest BCUT2D eigenvalue weighted by atomic mass is 16.4. The number of unbranched alkanes of at least 4 members (excludes halogenated alkanes) is 3. The Labute approximate surface area is 128 Å². The molecular weight excluding hydrogens is 264 g/mol. The molecule has 3 heteroatoms. The van der Waals surface area contributed by atoms with Gasteiger partial charge in [-0.25, -0.2) is 4.79 Å². The summed E-state index contributed by atoms with van der Waals surface area (Å²) in [5.74, 6) is -0.121. The van der Waals surface area contributed by atoms with E-state index in [-0.39, 0.29) is 11.3 Å². The number of hydrogen-bond acceptors (Lipinski definition) is 2. The maximum Gasteiger partial charge on any atom is 0.339 e. The second-order valence-corrected chi connectivity index (χ2v) is 5.80. The molecule has 0 atom stereocenters. The van der Waals surface area contributed by atoms with Crippen LogP contribution in [0.5, 0.6) is 5.75 Å². The summed E-state index contributed by atoms with van der Waals surface area (Å²) < 4.78 is 0. The highest BCUT2D eigenvalue weighted by Crippen LogP contribution is 2.34. The number of phenols is 1. The average Bonchev–Trinajstić information content (AvgIpc) is 3.29. The number of carbonyl (C=O) groups is 1. The standard InChI is InChI=1S/C9H10O3.C9H18/c1-2-6-3-4-8(10)7(5-6)9(11)12;1-2-3-4-5-6-9-7-8-9/h3-5,10H,2H2,1H3,(H,11,12);9H,2-8H2,1H3. The lowest BCUT2D eigenvalue weighted by molar-refractivity contribution is 0.0693. The lowest BCUT2D eigenvalue weighted by Gasteiger charge is -2.01. The maximum atomic E-state index is 10.5. The molecule has 0 unspecified atom stereocenters. The molecule has 1 saturated carbocycles. The molecule has 2 N–H and O–H groups in total. The number of carboxylic acid groups (broad SMARTS) is 1. The van der Waals surface area contributed by atoms with Gasteiger partial charge in [-0.2, -0.15) is 0 Å². The Morgan fingerprint density at radius 1 is 1.19 bits per heavy atom. The maximum absolute atomic E-state index is 10.5. The molecule has 3 nitrogen and oxygen atoms in total. The fourth-order valence-corrected chi connectivity index (χ4v) is 2.24. The van der Waals surface area contributed by atoms with E-state index in [2.05, 4.69) is 6.92 Å². The number of hydrogen-bond donors (Lipinski definition) is 2. The van der Waals surface area contributed by atoms with Crippen LogP contribution in [0.15, 0.2) is 18.2 Å². The molecule has 0 amide bonds. The molecule has 1 aliphatic carbocycles. The van der Waals surface area contributed by atoms with Crippen molar-refractivity contribution in [2.45, 2.75) is 65.2 Å². The second-order valence-electron chi connectivity index (χ2n) is 5.80. The Morgan fingerprint density at radius 3 is 2.43 bits per heavy atom. The number of rotatable bonds is 7. The molecule has 2 rings (SSSR count). The molecule has 0 heterocycles. The summed E-state index contributed by atoms with van der Waals surface area (Å²) in [7, 11) is 0. The van der Waals surface area contributed by atoms with Gasteiger partial charge in [0, 0.05) is 0 Å². The van der Waals surface area contributed by atoms with Crippen LogP contribution in [0, 0.1) is 5.92 Å². The van der Waals surface area contributed by atoms with Crippen LogP contribution >= 0.6 is 0 Å². The molecule has 1 aromatic carbocycles. The van der Waals surface area contributed by atoms with Crippen molar-refractivity contribution in [3.8, 4) is 5.75 Å². The molecule has 0 aliphatic heterocycles. The largest absolute Gasteiger partial charge is 0.507 e. The number of aromatic carboxylic acids is 1. The molecule has 0 saturated heterocycles. The number of benzene rings is 1. The Hall–Kier alpha value is -1.51.